The summed E-state index contributed by atoms with van der Waals surface area (Å²) in [6.07, 6.45) is -1.75. The number of ether oxygens (including phenoxy) is 4. The van der Waals surface area contributed by atoms with Crippen LogP contribution in [0.3, 0.4) is 0 Å². The number of benzene rings is 4. The summed E-state index contributed by atoms with van der Waals surface area (Å²) in [5, 5.41) is 17.6. The molecule has 0 radical (unpaired) electrons. The standard InChI is InChI=1S/2C23H21ClO7S/c2*24-16-3-1-2-15(11-16)19(31-22(28)9-8-21(26)27)13-30-17-6-4-14(5-7-17)10-20-18(25)12-23(29)32-20/h2*1-7,11,19-20H,8-10,12-13H2,(H,26,27)/t2*19-,20?/m10/s1. The molecular formula is C46H42Cl2O14S2. The molecule has 0 spiro atoms. The molecule has 0 saturated carbocycles. The number of Topliss-reactive ketones (excluding diaryl/α,β-unsaturated/α-hetero) is 2. The van der Waals surface area contributed by atoms with Crippen LogP contribution in [0.5, 0.6) is 11.5 Å². The van der Waals surface area contributed by atoms with Gasteiger partial charge in [0.15, 0.2) is 34.0 Å². The SMILES string of the molecule is O=C(O)CCC(=O)O[C@@H](COc1ccc(CC2SC(=O)CC2=O)cc1)c1cccc(Cl)c1.O=C(O)CCC(=O)O[C@H](COc1ccc(CC2SC(=O)CC2=O)cc1)c1cccc(Cl)c1. The third kappa shape index (κ3) is 16.5. The second kappa shape index (κ2) is 24.4. The fraction of sp³-hybridized carbons (Fsp3) is 0.304. The molecule has 18 heteroatoms. The average molecular weight is 954 g/mol. The third-order valence-corrected chi connectivity index (χ3v) is 12.2. The minimum Gasteiger partial charge on any atom is -0.489 e. The number of halogens is 2. The van der Waals surface area contributed by atoms with Crippen LogP contribution >= 0.6 is 46.7 Å². The Bertz CT molecular complexity index is 2170. The third-order valence-electron chi connectivity index (χ3n) is 9.47. The van der Waals surface area contributed by atoms with E-state index in [-0.39, 0.29) is 84.0 Å². The molecule has 4 atom stereocenters. The number of esters is 2. The van der Waals surface area contributed by atoms with E-state index in [1.807, 2.05) is 24.3 Å². The first-order chi connectivity index (χ1) is 30.6. The zero-order valence-electron chi connectivity index (χ0n) is 34.0. The van der Waals surface area contributed by atoms with Crippen LogP contribution in [0.4, 0.5) is 0 Å². The van der Waals surface area contributed by atoms with Crippen LogP contribution < -0.4 is 9.47 Å². The molecule has 2 fully saturated rings. The molecule has 0 amide bonds. The number of aliphatic carboxylic acids is 2. The molecule has 0 aliphatic carbocycles. The highest BCUT2D eigenvalue weighted by Gasteiger charge is 2.33. The number of carbonyl (C=O) groups is 8. The number of rotatable bonds is 20. The summed E-state index contributed by atoms with van der Waals surface area (Å²) in [4.78, 5) is 91.9. The summed E-state index contributed by atoms with van der Waals surface area (Å²) >= 11 is 14.3. The Hall–Kier alpha value is -5.68. The normalized spacial score (nSPS) is 16.6. The quantitative estimate of drug-likeness (QED) is 0.0634. The van der Waals surface area contributed by atoms with Crippen LogP contribution in [-0.4, -0.2) is 79.6 Å². The lowest BCUT2D eigenvalue weighted by molar-refractivity contribution is -0.154. The Morgan fingerprint density at radius 2 is 0.938 bits per heavy atom. The van der Waals surface area contributed by atoms with E-state index in [9.17, 15) is 38.4 Å². The van der Waals surface area contributed by atoms with Crippen molar-refractivity contribution in [3.05, 3.63) is 129 Å². The van der Waals surface area contributed by atoms with E-state index < -0.39 is 36.1 Å². The van der Waals surface area contributed by atoms with Gasteiger partial charge >= 0.3 is 23.9 Å². The van der Waals surface area contributed by atoms with E-state index in [4.69, 9.17) is 52.4 Å². The maximum absolute atomic E-state index is 12.1. The van der Waals surface area contributed by atoms with Gasteiger partial charge in [-0.2, -0.15) is 0 Å². The highest BCUT2D eigenvalue weighted by molar-refractivity contribution is 8.15. The number of carboxylic acid groups (broad SMARTS) is 2. The molecule has 0 bridgehead atoms. The molecule has 4 aromatic carbocycles. The van der Waals surface area contributed by atoms with Gasteiger partial charge in [-0.05, 0) is 83.6 Å². The van der Waals surface area contributed by atoms with Crippen molar-refractivity contribution >= 4 is 92.4 Å². The van der Waals surface area contributed by atoms with Gasteiger partial charge in [0.25, 0.3) is 0 Å². The van der Waals surface area contributed by atoms with Crippen molar-refractivity contribution in [2.24, 2.45) is 0 Å². The molecule has 2 aliphatic heterocycles. The van der Waals surface area contributed by atoms with Gasteiger partial charge in [-0.25, -0.2) is 0 Å². The molecule has 2 N–H and O–H groups in total. The zero-order valence-corrected chi connectivity index (χ0v) is 37.1. The molecule has 14 nitrogen and oxygen atoms in total. The van der Waals surface area contributed by atoms with Crippen molar-refractivity contribution in [2.75, 3.05) is 13.2 Å². The second-order valence-corrected chi connectivity index (χ2v) is 17.8. The van der Waals surface area contributed by atoms with E-state index in [2.05, 4.69) is 0 Å². The molecular weight excluding hydrogens is 912 g/mol. The molecule has 64 heavy (non-hydrogen) atoms. The van der Waals surface area contributed by atoms with Crippen molar-refractivity contribution in [3.8, 4) is 11.5 Å². The van der Waals surface area contributed by atoms with Crippen molar-refractivity contribution in [3.63, 3.8) is 0 Å². The maximum Gasteiger partial charge on any atom is 0.307 e. The Balaban J connectivity index is 0.000000241. The number of carbonyl (C=O) groups excluding carboxylic acids is 6. The Morgan fingerprint density at radius 1 is 0.562 bits per heavy atom. The summed E-state index contributed by atoms with van der Waals surface area (Å²) in [5.74, 6) is -2.50. The van der Waals surface area contributed by atoms with Crippen LogP contribution in [0.15, 0.2) is 97.1 Å². The Morgan fingerprint density at radius 3 is 1.25 bits per heavy atom. The van der Waals surface area contributed by atoms with E-state index >= 15 is 0 Å². The molecule has 336 valence electrons. The number of ketones is 2. The maximum atomic E-state index is 12.1. The predicted octanol–water partition coefficient (Wildman–Crippen LogP) is 8.02. The van der Waals surface area contributed by atoms with Gasteiger partial charge in [0, 0.05) is 10.0 Å². The Kier molecular flexibility index (Phi) is 18.8. The van der Waals surface area contributed by atoms with Gasteiger partial charge < -0.3 is 29.2 Å². The molecule has 2 aliphatic rings. The fourth-order valence-corrected chi connectivity index (χ4v) is 8.70. The lowest BCUT2D eigenvalue weighted by atomic mass is 10.1. The van der Waals surface area contributed by atoms with E-state index in [0.717, 1.165) is 34.7 Å². The Labute approximate surface area is 386 Å². The van der Waals surface area contributed by atoms with Crippen LogP contribution in [0.25, 0.3) is 0 Å². The largest absolute Gasteiger partial charge is 0.489 e. The van der Waals surface area contributed by atoms with E-state index in [0.29, 0.717) is 45.5 Å². The lowest BCUT2D eigenvalue weighted by Gasteiger charge is -2.19. The molecule has 2 unspecified atom stereocenters. The fourth-order valence-electron chi connectivity index (χ4n) is 6.23. The molecule has 6 rings (SSSR count). The highest BCUT2D eigenvalue weighted by Crippen LogP contribution is 2.31. The van der Waals surface area contributed by atoms with Gasteiger partial charge in [-0.15, -0.1) is 0 Å². The molecule has 4 aromatic rings. The van der Waals surface area contributed by atoms with Crippen molar-refractivity contribution in [1.29, 1.82) is 0 Å². The molecule has 2 saturated heterocycles. The minimum absolute atomic E-state index is 0.00393. The molecule has 2 heterocycles. The monoisotopic (exact) mass is 952 g/mol. The number of hydrogen-bond donors (Lipinski definition) is 2. The van der Waals surface area contributed by atoms with Gasteiger partial charge in [0.1, 0.15) is 24.7 Å². The predicted molar refractivity (Wildman–Crippen MR) is 238 cm³/mol. The summed E-state index contributed by atoms with van der Waals surface area (Å²) in [6, 6.07) is 27.8. The summed E-state index contributed by atoms with van der Waals surface area (Å²) in [5.41, 5.74) is 3.06. The smallest absolute Gasteiger partial charge is 0.307 e. The first kappa shape index (κ1) is 49.3. The van der Waals surface area contributed by atoms with Gasteiger partial charge in [0.2, 0.25) is 0 Å². The first-order valence-electron chi connectivity index (χ1n) is 19.8. The number of thioether (sulfide) groups is 2. The van der Waals surface area contributed by atoms with Crippen LogP contribution in [0.1, 0.15) is 73.0 Å². The van der Waals surface area contributed by atoms with Crippen molar-refractivity contribution < 1.29 is 67.5 Å². The summed E-state index contributed by atoms with van der Waals surface area (Å²) in [6.45, 7) is 0.00787. The van der Waals surface area contributed by atoms with Crippen LogP contribution in [-0.2, 0) is 60.7 Å². The summed E-state index contributed by atoms with van der Waals surface area (Å²) < 4.78 is 22.5. The van der Waals surface area contributed by atoms with Crippen molar-refractivity contribution in [1.82, 2.24) is 0 Å². The first-order valence-corrected chi connectivity index (χ1v) is 22.3. The highest BCUT2D eigenvalue weighted by atomic mass is 35.5. The van der Waals surface area contributed by atoms with E-state index in [1.54, 1.807) is 72.8 Å². The topological polar surface area (TPSA) is 214 Å². The van der Waals surface area contributed by atoms with Crippen LogP contribution in [0, 0.1) is 0 Å². The average Bonchev–Trinajstić information content (AvgIpc) is 3.75. The zero-order chi connectivity index (χ0) is 46.2. The van der Waals surface area contributed by atoms with Crippen molar-refractivity contribution in [2.45, 2.75) is 74.1 Å². The number of carboxylic acids is 2. The van der Waals surface area contributed by atoms with Gasteiger partial charge in [0.05, 0.1) is 49.0 Å². The summed E-state index contributed by atoms with van der Waals surface area (Å²) in [7, 11) is 0. The van der Waals surface area contributed by atoms with Gasteiger partial charge in [-0.1, -0.05) is 95.3 Å². The second-order valence-electron chi connectivity index (χ2n) is 14.4. The van der Waals surface area contributed by atoms with Gasteiger partial charge in [-0.3, -0.25) is 38.4 Å². The lowest BCUT2D eigenvalue weighted by Crippen LogP contribution is -2.19. The number of hydrogen-bond acceptors (Lipinski definition) is 14. The molecule has 0 aromatic heterocycles. The van der Waals surface area contributed by atoms with Crippen LogP contribution in [0.2, 0.25) is 10.0 Å². The minimum atomic E-state index is -1.08. The van der Waals surface area contributed by atoms with E-state index in [1.165, 1.54) is 0 Å².